The number of carboxylic acids is 1. The number of halogens is 2. The maximum Gasteiger partial charge on any atom is 0.326 e. The number of hydrogen-bond acceptors (Lipinski definition) is 12. The van der Waals surface area contributed by atoms with Crippen LogP contribution in [0.5, 0.6) is 5.88 Å². The fourth-order valence-corrected chi connectivity index (χ4v) is 6.86. The van der Waals surface area contributed by atoms with Crippen molar-refractivity contribution in [3.8, 4) is 17.7 Å². The van der Waals surface area contributed by atoms with Crippen LogP contribution in [-0.2, 0) is 20.7 Å². The molecule has 8 rings (SSSR count). The molecule has 1 spiro atoms. The molecule has 3 aliphatic heterocycles. The number of aryl methyl sites for hydroxylation is 1. The lowest BCUT2D eigenvalue weighted by molar-refractivity contribution is -0.228. The van der Waals surface area contributed by atoms with Crippen molar-refractivity contribution in [2.45, 2.75) is 56.9 Å². The molecule has 0 radical (unpaired) electrons. The monoisotopic (exact) mass is 686 g/mol. The largest absolute Gasteiger partial charge is 0.480 e. The standard InChI is InChI=1S/C35H32F2N6O7/c1-3-24-21(16-48-41-24)9-8-20-12-25(42-10-11-47-35(19(42)2)17-46-18-35)33(38-14-20)49-22-13-26(34(44)45)43(15-22)32-29-28(39-31(40-32)30(36)37)23-6-4-5-7-27(23)50-29/h4-7,12,14,16,19,22,26,30H,3,10-11,13,15,17-18H2,1-2H3,(H,44,45)/t19-,22-,26-/m0/s1. The molecule has 3 atom stereocenters. The number of morpholine rings is 1. The van der Waals surface area contributed by atoms with Crippen LogP contribution < -0.4 is 14.5 Å². The molecule has 0 saturated carbocycles. The van der Waals surface area contributed by atoms with Gasteiger partial charge in [-0.2, -0.15) is 0 Å². The van der Waals surface area contributed by atoms with Crippen molar-refractivity contribution in [1.29, 1.82) is 0 Å². The van der Waals surface area contributed by atoms with E-state index in [-0.39, 0.29) is 41.8 Å². The van der Waals surface area contributed by atoms with E-state index >= 15 is 0 Å². The number of hydrogen-bond donors (Lipinski definition) is 1. The summed E-state index contributed by atoms with van der Waals surface area (Å²) in [6.07, 6.45) is 0.103. The minimum atomic E-state index is -2.99. The first kappa shape index (κ1) is 31.9. The van der Waals surface area contributed by atoms with E-state index in [2.05, 4.69) is 43.8 Å². The van der Waals surface area contributed by atoms with Gasteiger partial charge in [-0.15, -0.1) is 0 Å². The predicted octanol–water partition coefficient (Wildman–Crippen LogP) is 4.76. The Labute approximate surface area is 284 Å². The minimum absolute atomic E-state index is 0.00913. The van der Waals surface area contributed by atoms with E-state index in [0.717, 1.165) is 5.69 Å². The van der Waals surface area contributed by atoms with Gasteiger partial charge in [0.05, 0.1) is 43.7 Å². The van der Waals surface area contributed by atoms with Gasteiger partial charge in [-0.1, -0.05) is 36.1 Å². The van der Waals surface area contributed by atoms with Crippen molar-refractivity contribution >= 4 is 39.5 Å². The second kappa shape index (κ2) is 12.5. The van der Waals surface area contributed by atoms with E-state index in [1.165, 1.54) is 11.2 Å². The highest BCUT2D eigenvalue weighted by Gasteiger charge is 2.50. The highest BCUT2D eigenvalue weighted by molar-refractivity contribution is 6.06. The lowest BCUT2D eigenvalue weighted by Crippen LogP contribution is -2.68. The molecule has 3 aliphatic rings. The minimum Gasteiger partial charge on any atom is -0.480 e. The molecule has 0 bridgehead atoms. The van der Waals surface area contributed by atoms with Gasteiger partial charge in [0.1, 0.15) is 40.8 Å². The molecule has 258 valence electrons. The molecular weight excluding hydrogens is 654 g/mol. The van der Waals surface area contributed by atoms with E-state index < -0.39 is 36.0 Å². The summed E-state index contributed by atoms with van der Waals surface area (Å²) in [7, 11) is 0. The summed E-state index contributed by atoms with van der Waals surface area (Å²) < 4.78 is 57.5. The molecule has 1 aromatic carbocycles. The fourth-order valence-electron chi connectivity index (χ4n) is 6.86. The van der Waals surface area contributed by atoms with Gasteiger partial charge in [0, 0.05) is 30.1 Å². The first-order chi connectivity index (χ1) is 24.2. The third kappa shape index (κ3) is 5.44. The molecule has 50 heavy (non-hydrogen) atoms. The number of alkyl halides is 2. The number of fused-ring (bicyclic) bond motifs is 3. The van der Waals surface area contributed by atoms with Gasteiger partial charge in [0.2, 0.25) is 5.88 Å². The summed E-state index contributed by atoms with van der Waals surface area (Å²) in [6.45, 7) is 5.93. The molecule has 15 heteroatoms. The number of carbonyl (C=O) groups is 1. The molecule has 1 N–H and O–H groups in total. The molecule has 4 aromatic heterocycles. The van der Waals surface area contributed by atoms with Crippen LogP contribution in [0.4, 0.5) is 20.3 Å². The number of carboxylic acid groups (broad SMARTS) is 1. The quantitative estimate of drug-likeness (QED) is 0.235. The van der Waals surface area contributed by atoms with Crippen LogP contribution in [0.25, 0.3) is 22.1 Å². The van der Waals surface area contributed by atoms with Crippen LogP contribution >= 0.6 is 0 Å². The molecule has 13 nitrogen and oxygen atoms in total. The van der Waals surface area contributed by atoms with Gasteiger partial charge in [0.25, 0.3) is 6.43 Å². The lowest BCUT2D eigenvalue weighted by Gasteiger charge is -2.53. The number of para-hydroxylation sites is 1. The fraction of sp³-hybridized carbons (Fsp3) is 0.400. The zero-order valence-electron chi connectivity index (χ0n) is 27.1. The molecular formula is C35H32F2N6O7. The third-order valence-electron chi connectivity index (χ3n) is 9.62. The number of ether oxygens (including phenoxy) is 3. The Kier molecular flexibility index (Phi) is 7.99. The van der Waals surface area contributed by atoms with Crippen molar-refractivity contribution < 1.29 is 41.8 Å². The van der Waals surface area contributed by atoms with Gasteiger partial charge in [-0.3, -0.25) is 0 Å². The molecule has 0 aliphatic carbocycles. The Balaban J connectivity index is 1.16. The predicted molar refractivity (Wildman–Crippen MR) is 174 cm³/mol. The van der Waals surface area contributed by atoms with Gasteiger partial charge in [-0.25, -0.2) is 28.5 Å². The average molecular weight is 687 g/mol. The average Bonchev–Trinajstić information content (AvgIpc) is 3.84. The number of rotatable bonds is 7. The van der Waals surface area contributed by atoms with Crippen LogP contribution in [0.3, 0.4) is 0 Å². The molecule has 7 heterocycles. The molecule has 0 amide bonds. The van der Waals surface area contributed by atoms with Crippen LogP contribution in [0, 0.1) is 11.8 Å². The Morgan fingerprint density at radius 1 is 1.20 bits per heavy atom. The van der Waals surface area contributed by atoms with Gasteiger partial charge >= 0.3 is 5.97 Å². The second-order valence-electron chi connectivity index (χ2n) is 12.6. The Hall–Kier alpha value is -5.33. The molecule has 5 aromatic rings. The van der Waals surface area contributed by atoms with Crippen molar-refractivity contribution in [2.75, 3.05) is 42.7 Å². The van der Waals surface area contributed by atoms with E-state index in [9.17, 15) is 18.7 Å². The van der Waals surface area contributed by atoms with Gasteiger partial charge in [0.15, 0.2) is 17.2 Å². The number of furan rings is 1. The first-order valence-corrected chi connectivity index (χ1v) is 16.3. The second-order valence-corrected chi connectivity index (χ2v) is 12.6. The van der Waals surface area contributed by atoms with E-state index in [1.54, 1.807) is 30.5 Å². The van der Waals surface area contributed by atoms with Crippen molar-refractivity contribution in [3.05, 3.63) is 65.4 Å². The highest BCUT2D eigenvalue weighted by atomic mass is 19.3. The smallest absolute Gasteiger partial charge is 0.326 e. The number of aromatic nitrogens is 4. The normalized spacial score (nSPS) is 21.5. The highest BCUT2D eigenvalue weighted by Crippen LogP contribution is 2.41. The summed E-state index contributed by atoms with van der Waals surface area (Å²) >= 11 is 0. The SMILES string of the molecule is CCc1nocc1C#Cc1cnc(O[C@H]2C[C@@H](C(=O)O)N(c3nc(C(F)F)nc4c3oc3ccccc34)C2)c(N2CCOC3(COC3)[C@@H]2C)c1. The van der Waals surface area contributed by atoms with Crippen molar-refractivity contribution in [3.63, 3.8) is 0 Å². The van der Waals surface area contributed by atoms with E-state index in [1.807, 2.05) is 13.0 Å². The topological polar surface area (TPSA) is 149 Å². The zero-order valence-corrected chi connectivity index (χ0v) is 27.1. The van der Waals surface area contributed by atoms with Crippen LogP contribution in [0.1, 0.15) is 49.3 Å². The molecule has 3 saturated heterocycles. The maximum absolute atomic E-state index is 14.1. The zero-order chi connectivity index (χ0) is 34.6. The third-order valence-corrected chi connectivity index (χ3v) is 9.62. The van der Waals surface area contributed by atoms with E-state index in [4.69, 9.17) is 23.2 Å². The number of nitrogens with zero attached hydrogens (tertiary/aromatic N) is 6. The summed E-state index contributed by atoms with van der Waals surface area (Å²) in [5, 5.41) is 14.8. The van der Waals surface area contributed by atoms with Crippen LogP contribution in [-0.4, -0.2) is 87.9 Å². The van der Waals surface area contributed by atoms with Gasteiger partial charge in [-0.05, 0) is 31.5 Å². The van der Waals surface area contributed by atoms with E-state index in [0.29, 0.717) is 60.6 Å². The van der Waals surface area contributed by atoms with Gasteiger partial charge < -0.3 is 38.1 Å². The first-order valence-electron chi connectivity index (χ1n) is 16.3. The number of benzene rings is 1. The number of pyridine rings is 1. The summed E-state index contributed by atoms with van der Waals surface area (Å²) in [4.78, 5) is 29.1. The Bertz CT molecular complexity index is 2160. The van der Waals surface area contributed by atoms with Crippen LogP contribution in [0.15, 0.2) is 51.7 Å². The Morgan fingerprint density at radius 3 is 2.80 bits per heavy atom. The van der Waals surface area contributed by atoms with Crippen LogP contribution in [0.2, 0.25) is 0 Å². The number of anilines is 2. The van der Waals surface area contributed by atoms with Crippen molar-refractivity contribution in [2.24, 2.45) is 0 Å². The lowest BCUT2D eigenvalue weighted by atomic mass is 9.90. The van der Waals surface area contributed by atoms with Crippen molar-refractivity contribution in [1.82, 2.24) is 20.1 Å². The summed E-state index contributed by atoms with van der Waals surface area (Å²) in [6, 6.07) is 7.52. The number of aliphatic carboxylic acids is 1. The summed E-state index contributed by atoms with van der Waals surface area (Å²) in [5.74, 6) is 4.63. The molecule has 0 unspecified atom stereocenters. The Morgan fingerprint density at radius 2 is 2.04 bits per heavy atom. The summed E-state index contributed by atoms with van der Waals surface area (Å²) in [5.41, 5.74) is 2.96. The maximum atomic E-state index is 14.1. The molecule has 3 fully saturated rings.